The van der Waals surface area contributed by atoms with Crippen LogP contribution in [0.5, 0.6) is 0 Å². The van der Waals surface area contributed by atoms with Crippen molar-refractivity contribution >= 4 is 34.4 Å². The predicted octanol–water partition coefficient (Wildman–Crippen LogP) is 2.52. The molecule has 1 atom stereocenters. The molecule has 11 heteroatoms. The van der Waals surface area contributed by atoms with E-state index in [2.05, 4.69) is 42.4 Å². The molecule has 0 aliphatic carbocycles. The number of anilines is 1. The number of aromatic nitrogens is 7. The van der Waals surface area contributed by atoms with E-state index in [0.717, 1.165) is 22.3 Å². The van der Waals surface area contributed by atoms with Gasteiger partial charge in [0, 0.05) is 61.5 Å². The lowest BCUT2D eigenvalue weighted by Crippen LogP contribution is -2.53. The van der Waals surface area contributed by atoms with Gasteiger partial charge in [0.2, 0.25) is 11.7 Å². The zero-order valence-corrected chi connectivity index (χ0v) is 17.8. The molecule has 2 N–H and O–H groups in total. The van der Waals surface area contributed by atoms with Crippen LogP contribution in [0.3, 0.4) is 0 Å². The molecule has 0 aromatic carbocycles. The van der Waals surface area contributed by atoms with E-state index in [-0.39, 0.29) is 11.9 Å². The second-order valence-corrected chi connectivity index (χ2v) is 8.00. The normalized spacial score (nSPS) is 16.8. The summed E-state index contributed by atoms with van der Waals surface area (Å²) < 4.78 is 0. The van der Waals surface area contributed by atoms with Gasteiger partial charge < -0.3 is 14.8 Å². The van der Waals surface area contributed by atoms with Gasteiger partial charge in [0.05, 0.1) is 10.7 Å². The van der Waals surface area contributed by atoms with Gasteiger partial charge in [0.25, 0.3) is 0 Å². The molecule has 1 fully saturated rings. The van der Waals surface area contributed by atoms with Crippen LogP contribution in [0.25, 0.3) is 33.7 Å². The van der Waals surface area contributed by atoms with Crippen molar-refractivity contribution in [1.82, 2.24) is 40.5 Å². The van der Waals surface area contributed by atoms with E-state index in [1.165, 1.54) is 0 Å². The Kier molecular flexibility index (Phi) is 4.78. The molecule has 158 valence electrons. The number of tetrazole rings is 1. The number of nitrogens with one attached hydrogen (secondary N) is 2. The molecule has 1 aliphatic heterocycles. The summed E-state index contributed by atoms with van der Waals surface area (Å²) in [7, 11) is 0. The highest BCUT2D eigenvalue weighted by Crippen LogP contribution is 2.35. The van der Waals surface area contributed by atoms with Crippen molar-refractivity contribution in [2.75, 3.05) is 24.5 Å². The Morgan fingerprint density at radius 3 is 2.87 bits per heavy atom. The van der Waals surface area contributed by atoms with Gasteiger partial charge in [-0.25, -0.2) is 9.97 Å². The lowest BCUT2D eigenvalue weighted by Gasteiger charge is -2.40. The second-order valence-electron chi connectivity index (χ2n) is 7.56. The molecule has 0 saturated carbocycles. The van der Waals surface area contributed by atoms with Crippen molar-refractivity contribution in [1.29, 1.82) is 0 Å². The minimum Gasteiger partial charge on any atom is -0.353 e. The average Bonchev–Trinajstić information content (AvgIpc) is 3.43. The number of nitrogens with zero attached hydrogens (tertiary/aromatic N) is 7. The van der Waals surface area contributed by atoms with Crippen LogP contribution in [0.15, 0.2) is 30.6 Å². The van der Waals surface area contributed by atoms with Gasteiger partial charge >= 0.3 is 0 Å². The third-order valence-electron chi connectivity index (χ3n) is 5.58. The number of piperazine rings is 1. The summed E-state index contributed by atoms with van der Waals surface area (Å²) in [6.07, 6.45) is 3.46. The molecule has 0 bridgehead atoms. The number of pyridine rings is 2. The second kappa shape index (κ2) is 7.62. The molecule has 1 saturated heterocycles. The van der Waals surface area contributed by atoms with Gasteiger partial charge in [-0.3, -0.25) is 4.79 Å². The minimum atomic E-state index is 0.0939. The van der Waals surface area contributed by atoms with E-state index in [1.807, 2.05) is 29.3 Å². The van der Waals surface area contributed by atoms with Crippen LogP contribution in [0, 0.1) is 0 Å². The van der Waals surface area contributed by atoms with Crippen LogP contribution in [0.1, 0.15) is 13.8 Å². The number of hydrogen-bond donors (Lipinski definition) is 2. The first-order valence-electron chi connectivity index (χ1n) is 9.91. The van der Waals surface area contributed by atoms with Gasteiger partial charge in [0.15, 0.2) is 0 Å². The van der Waals surface area contributed by atoms with Gasteiger partial charge in [-0.2, -0.15) is 5.21 Å². The summed E-state index contributed by atoms with van der Waals surface area (Å²) >= 11 is 6.21. The quantitative estimate of drug-likeness (QED) is 0.505. The molecule has 0 spiro atoms. The Balaban J connectivity index is 1.60. The Hall–Kier alpha value is -3.53. The number of aromatic amines is 2. The maximum absolute atomic E-state index is 11.8. The molecular formula is C20H20ClN9O. The fraction of sp³-hybridized carbons (Fsp3) is 0.300. The standard InChI is InChI=1S/C20H20ClN9O/c1-11-10-29(5-6-30(11)12(2)31)17-4-3-14(20-25-27-28-26-20)18(24-17)16-9-23-19-15(16)7-13(21)8-22-19/h3-4,7-9,11H,5-6,10H2,1-2H3,(H,22,23)(H,25,26,27,28)/t11-/m0/s1. The number of H-pyrrole nitrogens is 2. The zero-order valence-electron chi connectivity index (χ0n) is 17.0. The summed E-state index contributed by atoms with van der Waals surface area (Å²) in [6.45, 7) is 5.73. The third kappa shape index (κ3) is 3.48. The summed E-state index contributed by atoms with van der Waals surface area (Å²) in [5.41, 5.74) is 3.01. The van der Waals surface area contributed by atoms with Crippen LogP contribution in [0.4, 0.5) is 5.82 Å². The summed E-state index contributed by atoms with van der Waals surface area (Å²) in [6, 6.07) is 5.86. The number of rotatable bonds is 3. The van der Waals surface area contributed by atoms with E-state index >= 15 is 0 Å². The summed E-state index contributed by atoms with van der Waals surface area (Å²) in [4.78, 5) is 28.4. The van der Waals surface area contributed by atoms with Crippen molar-refractivity contribution in [3.05, 3.63) is 35.6 Å². The fourth-order valence-corrected chi connectivity index (χ4v) is 4.25. The SMILES string of the molecule is CC(=O)N1CCN(c2ccc(-c3nn[nH]n3)c(-c3c[nH]c4ncc(Cl)cc34)n2)C[C@@H]1C. The van der Waals surface area contributed by atoms with Crippen molar-refractivity contribution in [3.8, 4) is 22.6 Å². The molecule has 5 rings (SSSR count). The Bertz CT molecular complexity index is 1250. The number of fused-ring (bicyclic) bond motifs is 1. The Morgan fingerprint density at radius 1 is 1.26 bits per heavy atom. The molecule has 10 nitrogen and oxygen atoms in total. The minimum absolute atomic E-state index is 0.0939. The maximum atomic E-state index is 11.8. The molecule has 5 heterocycles. The monoisotopic (exact) mass is 437 g/mol. The lowest BCUT2D eigenvalue weighted by atomic mass is 10.0. The number of halogens is 1. The van der Waals surface area contributed by atoms with Crippen LogP contribution in [0.2, 0.25) is 5.02 Å². The van der Waals surface area contributed by atoms with Crippen LogP contribution >= 0.6 is 11.6 Å². The number of carbonyl (C=O) groups excluding carboxylic acids is 1. The molecule has 0 radical (unpaired) electrons. The fourth-order valence-electron chi connectivity index (χ4n) is 4.09. The van der Waals surface area contributed by atoms with E-state index in [0.29, 0.717) is 41.8 Å². The topological polar surface area (TPSA) is 120 Å². The summed E-state index contributed by atoms with van der Waals surface area (Å²) in [5, 5.41) is 15.9. The van der Waals surface area contributed by atoms with Crippen molar-refractivity contribution in [3.63, 3.8) is 0 Å². The van der Waals surface area contributed by atoms with E-state index in [1.54, 1.807) is 13.1 Å². The van der Waals surface area contributed by atoms with Gasteiger partial charge in [-0.1, -0.05) is 11.6 Å². The molecule has 4 aromatic heterocycles. The highest BCUT2D eigenvalue weighted by molar-refractivity contribution is 6.31. The molecule has 4 aromatic rings. The lowest BCUT2D eigenvalue weighted by molar-refractivity contribution is -0.131. The van der Waals surface area contributed by atoms with Crippen LogP contribution in [-0.2, 0) is 4.79 Å². The highest BCUT2D eigenvalue weighted by Gasteiger charge is 2.27. The van der Waals surface area contributed by atoms with Gasteiger partial charge in [-0.15, -0.1) is 10.2 Å². The largest absolute Gasteiger partial charge is 0.353 e. The highest BCUT2D eigenvalue weighted by atomic mass is 35.5. The molecule has 1 amide bonds. The van der Waals surface area contributed by atoms with E-state index < -0.39 is 0 Å². The van der Waals surface area contributed by atoms with Crippen LogP contribution < -0.4 is 4.90 Å². The van der Waals surface area contributed by atoms with Gasteiger partial charge in [0.1, 0.15) is 11.5 Å². The smallest absolute Gasteiger partial charge is 0.219 e. The first-order valence-corrected chi connectivity index (χ1v) is 10.3. The first-order chi connectivity index (χ1) is 15.0. The van der Waals surface area contributed by atoms with Gasteiger partial charge in [-0.05, 0) is 30.3 Å². The van der Waals surface area contributed by atoms with Crippen LogP contribution in [-0.4, -0.2) is 72.1 Å². The zero-order chi connectivity index (χ0) is 21.5. The van der Waals surface area contributed by atoms with E-state index in [4.69, 9.17) is 16.6 Å². The number of amides is 1. The average molecular weight is 438 g/mol. The van der Waals surface area contributed by atoms with E-state index in [9.17, 15) is 4.79 Å². The molecular weight excluding hydrogens is 418 g/mol. The first kappa shape index (κ1) is 19.4. The molecule has 31 heavy (non-hydrogen) atoms. The van der Waals surface area contributed by atoms with Crippen molar-refractivity contribution < 1.29 is 4.79 Å². The maximum Gasteiger partial charge on any atom is 0.219 e. The number of carbonyl (C=O) groups is 1. The molecule has 0 unspecified atom stereocenters. The molecule has 1 aliphatic rings. The summed E-state index contributed by atoms with van der Waals surface area (Å²) in [5.74, 6) is 1.37. The third-order valence-corrected chi connectivity index (χ3v) is 5.78. The van der Waals surface area contributed by atoms with Crippen molar-refractivity contribution in [2.45, 2.75) is 19.9 Å². The predicted molar refractivity (Wildman–Crippen MR) is 117 cm³/mol. The number of hydrogen-bond acceptors (Lipinski definition) is 7. The van der Waals surface area contributed by atoms with Crippen molar-refractivity contribution in [2.24, 2.45) is 0 Å². The Morgan fingerprint density at radius 2 is 2.13 bits per heavy atom. The Labute approximate surface area is 182 Å².